The molecule has 0 fully saturated rings. The summed E-state index contributed by atoms with van der Waals surface area (Å²) in [7, 11) is 0. The van der Waals surface area contributed by atoms with E-state index in [1.807, 2.05) is 0 Å². The third-order valence-electron chi connectivity index (χ3n) is 1.54. The third-order valence-corrected chi connectivity index (χ3v) is 1.54. The van der Waals surface area contributed by atoms with Gasteiger partial charge in [-0.1, -0.05) is 0 Å². The van der Waals surface area contributed by atoms with Crippen LogP contribution in [-0.4, -0.2) is 9.55 Å². The van der Waals surface area contributed by atoms with Gasteiger partial charge in [-0.15, -0.1) is 0 Å². The van der Waals surface area contributed by atoms with Crippen LogP contribution in [0.3, 0.4) is 0 Å². The van der Waals surface area contributed by atoms with Crippen LogP contribution in [0.1, 0.15) is 0 Å². The molecule has 0 aliphatic heterocycles. The number of hydrogen-bond acceptors (Lipinski definition) is 1. The molecule has 0 amide bonds. The SMILES string of the molecule is Fc1c[c]c(-n2ccnc2)cc1. The van der Waals surface area contributed by atoms with E-state index < -0.39 is 0 Å². The van der Waals surface area contributed by atoms with E-state index in [2.05, 4.69) is 11.1 Å². The molecule has 0 saturated heterocycles. The van der Waals surface area contributed by atoms with E-state index in [9.17, 15) is 4.39 Å². The highest BCUT2D eigenvalue weighted by Gasteiger charge is 1.94. The van der Waals surface area contributed by atoms with Gasteiger partial charge in [0.25, 0.3) is 0 Å². The van der Waals surface area contributed by atoms with Gasteiger partial charge in [0, 0.05) is 18.5 Å². The summed E-state index contributed by atoms with van der Waals surface area (Å²) in [6, 6.07) is 7.13. The Balaban J connectivity index is 2.43. The largest absolute Gasteiger partial charge is 0.306 e. The molecule has 0 unspecified atom stereocenters. The second kappa shape index (κ2) is 2.77. The second-order valence-corrected chi connectivity index (χ2v) is 2.36. The molecule has 12 heavy (non-hydrogen) atoms. The van der Waals surface area contributed by atoms with Crippen LogP contribution in [0.5, 0.6) is 0 Å². The van der Waals surface area contributed by atoms with Crippen LogP contribution in [0.25, 0.3) is 5.69 Å². The van der Waals surface area contributed by atoms with Crippen molar-refractivity contribution in [3.8, 4) is 5.69 Å². The zero-order chi connectivity index (χ0) is 8.39. The first-order chi connectivity index (χ1) is 5.86. The summed E-state index contributed by atoms with van der Waals surface area (Å²) in [6.07, 6.45) is 5.09. The Morgan fingerprint density at radius 3 is 2.92 bits per heavy atom. The Labute approximate surface area is 69.3 Å². The van der Waals surface area contributed by atoms with Gasteiger partial charge in [0.1, 0.15) is 5.82 Å². The standard InChI is InChI=1S/C9H6FN2/c10-8-1-3-9(4-2-8)12-6-5-11-7-12/h1-3,5-7H. The van der Waals surface area contributed by atoms with Gasteiger partial charge in [0.05, 0.1) is 12.0 Å². The van der Waals surface area contributed by atoms with Crippen LogP contribution >= 0.6 is 0 Å². The maximum Gasteiger partial charge on any atom is 0.123 e. The molecule has 2 rings (SSSR count). The summed E-state index contributed by atoms with van der Waals surface area (Å²) in [4.78, 5) is 3.87. The van der Waals surface area contributed by atoms with Gasteiger partial charge in [-0.3, -0.25) is 0 Å². The van der Waals surface area contributed by atoms with Crippen LogP contribution in [0, 0.1) is 11.9 Å². The summed E-state index contributed by atoms with van der Waals surface area (Å²) in [5.74, 6) is -0.279. The van der Waals surface area contributed by atoms with Crippen LogP contribution in [-0.2, 0) is 0 Å². The number of halogens is 1. The average Bonchev–Trinajstić information content (AvgIpc) is 2.58. The molecule has 1 aromatic carbocycles. The number of aromatic nitrogens is 2. The number of hydrogen-bond donors (Lipinski definition) is 0. The maximum atomic E-state index is 12.5. The van der Waals surface area contributed by atoms with Gasteiger partial charge in [0.15, 0.2) is 0 Å². The molecule has 0 N–H and O–H groups in total. The van der Waals surface area contributed by atoms with E-state index in [1.165, 1.54) is 12.1 Å². The Morgan fingerprint density at radius 1 is 1.42 bits per heavy atom. The topological polar surface area (TPSA) is 17.8 Å². The van der Waals surface area contributed by atoms with Crippen molar-refractivity contribution in [1.82, 2.24) is 9.55 Å². The summed E-state index contributed by atoms with van der Waals surface area (Å²) in [5, 5.41) is 0. The predicted octanol–water partition coefficient (Wildman–Crippen LogP) is 1.81. The molecule has 1 heterocycles. The highest BCUT2D eigenvalue weighted by atomic mass is 19.1. The minimum Gasteiger partial charge on any atom is -0.306 e. The first-order valence-electron chi connectivity index (χ1n) is 3.52. The van der Waals surface area contributed by atoms with Crippen molar-refractivity contribution in [3.63, 3.8) is 0 Å². The lowest BCUT2D eigenvalue weighted by Gasteiger charge is -1.98. The minimum atomic E-state index is -0.279. The second-order valence-electron chi connectivity index (χ2n) is 2.36. The van der Waals surface area contributed by atoms with Crippen LogP contribution in [0.4, 0.5) is 4.39 Å². The van der Waals surface area contributed by atoms with Crippen molar-refractivity contribution in [2.75, 3.05) is 0 Å². The molecule has 0 spiro atoms. The zero-order valence-corrected chi connectivity index (χ0v) is 6.24. The molecular formula is C9H6FN2. The molecule has 0 bridgehead atoms. The highest BCUT2D eigenvalue weighted by molar-refractivity contribution is 5.29. The van der Waals surface area contributed by atoms with Crippen molar-refractivity contribution in [2.24, 2.45) is 0 Å². The highest BCUT2D eigenvalue weighted by Crippen LogP contribution is 2.06. The van der Waals surface area contributed by atoms with Crippen molar-refractivity contribution in [3.05, 3.63) is 48.8 Å². The first kappa shape index (κ1) is 7.03. The van der Waals surface area contributed by atoms with Crippen LogP contribution in [0.15, 0.2) is 36.9 Å². The molecule has 1 radical (unpaired) electrons. The Bertz CT molecular complexity index is 351. The van der Waals surface area contributed by atoms with E-state index >= 15 is 0 Å². The lowest BCUT2D eigenvalue weighted by atomic mass is 10.3. The summed E-state index contributed by atoms with van der Waals surface area (Å²) >= 11 is 0. The molecule has 0 atom stereocenters. The zero-order valence-electron chi connectivity index (χ0n) is 6.24. The van der Waals surface area contributed by atoms with Gasteiger partial charge in [-0.25, -0.2) is 9.37 Å². The number of nitrogens with zero attached hydrogens (tertiary/aromatic N) is 2. The van der Waals surface area contributed by atoms with Crippen molar-refractivity contribution in [2.45, 2.75) is 0 Å². The summed E-state index contributed by atoms with van der Waals surface area (Å²) in [6.45, 7) is 0. The molecule has 3 heteroatoms. The van der Waals surface area contributed by atoms with Gasteiger partial charge in [-0.2, -0.15) is 0 Å². The van der Waals surface area contributed by atoms with Gasteiger partial charge < -0.3 is 4.57 Å². The van der Waals surface area contributed by atoms with E-state index in [4.69, 9.17) is 0 Å². The average molecular weight is 161 g/mol. The molecule has 2 nitrogen and oxygen atoms in total. The predicted molar refractivity (Wildman–Crippen MR) is 42.4 cm³/mol. The van der Waals surface area contributed by atoms with Crippen molar-refractivity contribution in [1.29, 1.82) is 0 Å². The smallest absolute Gasteiger partial charge is 0.123 e. The quantitative estimate of drug-likeness (QED) is 0.623. The first-order valence-corrected chi connectivity index (χ1v) is 3.52. The van der Waals surface area contributed by atoms with Crippen molar-refractivity contribution >= 4 is 0 Å². The molecule has 1 aromatic heterocycles. The van der Waals surface area contributed by atoms with Gasteiger partial charge >= 0.3 is 0 Å². The Kier molecular flexibility index (Phi) is 1.63. The molecule has 59 valence electrons. The van der Waals surface area contributed by atoms with Gasteiger partial charge in [0.2, 0.25) is 0 Å². The normalized spacial score (nSPS) is 10.1. The fourth-order valence-corrected chi connectivity index (χ4v) is 0.960. The van der Waals surface area contributed by atoms with Crippen molar-refractivity contribution < 1.29 is 4.39 Å². The van der Waals surface area contributed by atoms with Crippen LogP contribution in [0.2, 0.25) is 0 Å². The fraction of sp³-hybridized carbons (Fsp3) is 0. The van der Waals surface area contributed by atoms with E-state index in [-0.39, 0.29) is 5.82 Å². The lowest BCUT2D eigenvalue weighted by Crippen LogP contribution is -1.89. The fourth-order valence-electron chi connectivity index (χ4n) is 0.960. The molecular weight excluding hydrogens is 155 g/mol. The summed E-state index contributed by atoms with van der Waals surface area (Å²) < 4.78 is 14.2. The van der Waals surface area contributed by atoms with Gasteiger partial charge in [-0.05, 0) is 18.2 Å². The Hall–Kier alpha value is -1.64. The molecule has 2 aromatic rings. The monoisotopic (exact) mass is 161 g/mol. The minimum absolute atomic E-state index is 0.279. The third kappa shape index (κ3) is 1.21. The van der Waals surface area contributed by atoms with Crippen LogP contribution < -0.4 is 0 Å². The number of rotatable bonds is 1. The number of benzene rings is 1. The molecule has 0 aliphatic rings. The molecule has 0 saturated carbocycles. The Morgan fingerprint density at radius 2 is 2.33 bits per heavy atom. The van der Waals surface area contributed by atoms with E-state index in [1.54, 1.807) is 29.4 Å². The van der Waals surface area contributed by atoms with E-state index in [0.717, 1.165) is 5.69 Å². The lowest BCUT2D eigenvalue weighted by molar-refractivity contribution is 0.627. The molecule has 0 aliphatic carbocycles. The summed E-state index contributed by atoms with van der Waals surface area (Å²) in [5.41, 5.74) is 0.786. The van der Waals surface area contributed by atoms with E-state index in [0.29, 0.717) is 0 Å². The maximum absolute atomic E-state index is 12.5. The number of imidazole rings is 1.